The van der Waals surface area contributed by atoms with Gasteiger partial charge in [-0.15, -0.1) is 0 Å². The number of carbonyl (C=O) groups is 2. The van der Waals surface area contributed by atoms with Crippen LogP contribution in [0.3, 0.4) is 0 Å². The number of nitrogens with zero attached hydrogens (tertiary/aromatic N) is 2. The summed E-state index contributed by atoms with van der Waals surface area (Å²) < 4.78 is 0. The van der Waals surface area contributed by atoms with Crippen LogP contribution in [0, 0.1) is 0 Å². The summed E-state index contributed by atoms with van der Waals surface area (Å²) in [7, 11) is 3.89. The van der Waals surface area contributed by atoms with E-state index in [0.717, 1.165) is 16.9 Å². The second kappa shape index (κ2) is 9.29. The number of rotatable bonds is 4. The summed E-state index contributed by atoms with van der Waals surface area (Å²) >= 11 is 0. The van der Waals surface area contributed by atoms with Gasteiger partial charge in [-0.2, -0.15) is 0 Å². The predicted molar refractivity (Wildman–Crippen MR) is 95.3 cm³/mol. The lowest BCUT2D eigenvalue weighted by Gasteiger charge is -2.18. The van der Waals surface area contributed by atoms with Crippen molar-refractivity contribution >= 4 is 18.2 Å². The molecule has 0 fully saturated rings. The minimum atomic E-state index is -0.250. The summed E-state index contributed by atoms with van der Waals surface area (Å²) in [6.45, 7) is 3.66. The zero-order valence-electron chi connectivity index (χ0n) is 14.4. The van der Waals surface area contributed by atoms with Gasteiger partial charge in [0.25, 0.3) is 12.4 Å². The van der Waals surface area contributed by atoms with E-state index in [2.05, 4.69) is 10.3 Å². The van der Waals surface area contributed by atoms with Gasteiger partial charge in [0.2, 0.25) is 0 Å². The maximum atomic E-state index is 12.4. The second-order valence-corrected chi connectivity index (χ2v) is 5.55. The van der Waals surface area contributed by atoms with Crippen molar-refractivity contribution in [1.29, 1.82) is 0 Å². The average molecular weight is 329 g/mol. The van der Waals surface area contributed by atoms with Crippen LogP contribution < -0.4 is 10.2 Å². The fraction of sp³-hybridized carbons (Fsp3) is 0.278. The highest BCUT2D eigenvalue weighted by Crippen LogP contribution is 2.30. The molecule has 0 bridgehead atoms. The van der Waals surface area contributed by atoms with Crippen molar-refractivity contribution in [3.8, 4) is 11.1 Å². The van der Waals surface area contributed by atoms with Gasteiger partial charge in [-0.3, -0.25) is 9.59 Å². The van der Waals surface area contributed by atoms with Crippen molar-refractivity contribution in [2.24, 2.45) is 0 Å². The molecule has 0 atom stereocenters. The highest BCUT2D eigenvalue weighted by molar-refractivity contribution is 6.02. The summed E-state index contributed by atoms with van der Waals surface area (Å²) in [5.41, 5.74) is 2.52. The van der Waals surface area contributed by atoms with Crippen molar-refractivity contribution in [2.45, 2.75) is 19.9 Å². The molecule has 1 aromatic carbocycles. The number of pyridine rings is 1. The number of benzene rings is 1. The second-order valence-electron chi connectivity index (χ2n) is 5.55. The maximum absolute atomic E-state index is 12.4. The molecule has 24 heavy (non-hydrogen) atoms. The minimum Gasteiger partial charge on any atom is -0.483 e. The van der Waals surface area contributed by atoms with Crippen LogP contribution in [0.5, 0.6) is 0 Å². The molecule has 0 aliphatic rings. The molecule has 128 valence electrons. The molecule has 1 aromatic heterocycles. The van der Waals surface area contributed by atoms with E-state index in [1.807, 2.05) is 69.2 Å². The standard InChI is InChI=1S/C17H21N3O.CH2O2/c1-12(2)19-17(21)15-9-6-5-8-13(15)14-10-7-11-18-16(14)20(3)4;2-1-3/h5-12H,1-4H3,(H,19,21);1H,(H,2,3). The van der Waals surface area contributed by atoms with Crippen molar-refractivity contribution in [2.75, 3.05) is 19.0 Å². The quantitative estimate of drug-likeness (QED) is 0.843. The van der Waals surface area contributed by atoms with E-state index in [-0.39, 0.29) is 18.4 Å². The molecule has 0 saturated carbocycles. The zero-order valence-corrected chi connectivity index (χ0v) is 14.4. The van der Waals surface area contributed by atoms with Gasteiger partial charge in [-0.05, 0) is 37.6 Å². The summed E-state index contributed by atoms with van der Waals surface area (Å²) in [6.07, 6.45) is 1.76. The number of anilines is 1. The summed E-state index contributed by atoms with van der Waals surface area (Å²) in [5, 5.41) is 9.83. The van der Waals surface area contributed by atoms with Crippen LogP contribution in [-0.2, 0) is 4.79 Å². The fourth-order valence-electron chi connectivity index (χ4n) is 2.22. The van der Waals surface area contributed by atoms with Gasteiger partial charge in [0.15, 0.2) is 0 Å². The smallest absolute Gasteiger partial charge is 0.290 e. The number of hydrogen-bond donors (Lipinski definition) is 2. The third-order valence-electron chi connectivity index (χ3n) is 3.09. The highest BCUT2D eigenvalue weighted by atomic mass is 16.3. The number of amides is 1. The van der Waals surface area contributed by atoms with Gasteiger partial charge in [0.05, 0.1) is 0 Å². The van der Waals surface area contributed by atoms with Crippen molar-refractivity contribution in [1.82, 2.24) is 10.3 Å². The van der Waals surface area contributed by atoms with E-state index in [9.17, 15) is 4.79 Å². The van der Waals surface area contributed by atoms with Crippen LogP contribution in [0.2, 0.25) is 0 Å². The van der Waals surface area contributed by atoms with E-state index in [4.69, 9.17) is 9.90 Å². The number of aromatic nitrogens is 1. The lowest BCUT2D eigenvalue weighted by Crippen LogP contribution is -2.30. The molecule has 2 N–H and O–H groups in total. The van der Waals surface area contributed by atoms with E-state index < -0.39 is 0 Å². The maximum Gasteiger partial charge on any atom is 0.290 e. The van der Waals surface area contributed by atoms with Gasteiger partial charge in [0.1, 0.15) is 5.82 Å². The third-order valence-corrected chi connectivity index (χ3v) is 3.09. The summed E-state index contributed by atoms with van der Waals surface area (Å²) in [4.78, 5) is 27.1. The van der Waals surface area contributed by atoms with Crippen LogP contribution in [0.15, 0.2) is 42.6 Å². The van der Waals surface area contributed by atoms with Crippen LogP contribution in [0.1, 0.15) is 24.2 Å². The predicted octanol–water partition coefficient (Wildman–Crippen LogP) is 2.65. The van der Waals surface area contributed by atoms with Crippen molar-refractivity contribution in [3.05, 3.63) is 48.2 Å². The molecule has 0 spiro atoms. The lowest BCUT2D eigenvalue weighted by atomic mass is 9.99. The molecule has 2 aromatic rings. The molecule has 0 radical (unpaired) electrons. The first-order valence-corrected chi connectivity index (χ1v) is 7.52. The third kappa shape index (κ3) is 5.08. The Hall–Kier alpha value is -2.89. The Balaban J connectivity index is 0.000000891. The Morgan fingerprint density at radius 1 is 1.17 bits per heavy atom. The zero-order chi connectivity index (χ0) is 18.1. The van der Waals surface area contributed by atoms with Gasteiger partial charge < -0.3 is 15.3 Å². The van der Waals surface area contributed by atoms with Gasteiger partial charge in [0, 0.05) is 37.5 Å². The van der Waals surface area contributed by atoms with E-state index in [1.165, 1.54) is 0 Å². The first-order chi connectivity index (χ1) is 11.4. The van der Waals surface area contributed by atoms with E-state index in [1.54, 1.807) is 6.20 Å². The first kappa shape index (κ1) is 19.2. The molecule has 6 heteroatoms. The van der Waals surface area contributed by atoms with Crippen LogP contribution in [-0.4, -0.2) is 42.6 Å². The molecule has 0 aliphatic carbocycles. The molecular formula is C18H23N3O3. The Bertz CT molecular complexity index is 685. The van der Waals surface area contributed by atoms with Crippen LogP contribution in [0.4, 0.5) is 5.82 Å². The van der Waals surface area contributed by atoms with Gasteiger partial charge in [-0.25, -0.2) is 4.98 Å². The fourth-order valence-corrected chi connectivity index (χ4v) is 2.22. The topological polar surface area (TPSA) is 82.5 Å². The Morgan fingerprint density at radius 3 is 2.33 bits per heavy atom. The minimum absolute atomic E-state index is 0.0610. The van der Waals surface area contributed by atoms with E-state index >= 15 is 0 Å². The largest absolute Gasteiger partial charge is 0.483 e. The molecule has 6 nitrogen and oxygen atoms in total. The molecule has 0 saturated heterocycles. The number of carboxylic acid groups (broad SMARTS) is 1. The molecule has 2 rings (SSSR count). The Kier molecular flexibility index (Phi) is 7.42. The molecule has 0 unspecified atom stereocenters. The van der Waals surface area contributed by atoms with E-state index in [0.29, 0.717) is 5.56 Å². The van der Waals surface area contributed by atoms with Gasteiger partial charge >= 0.3 is 0 Å². The summed E-state index contributed by atoms with van der Waals surface area (Å²) in [6, 6.07) is 11.6. The number of carbonyl (C=O) groups excluding carboxylic acids is 1. The molecule has 1 amide bonds. The Morgan fingerprint density at radius 2 is 1.75 bits per heavy atom. The first-order valence-electron chi connectivity index (χ1n) is 7.52. The SMILES string of the molecule is CC(C)NC(=O)c1ccccc1-c1cccnc1N(C)C.O=CO. The highest BCUT2D eigenvalue weighted by Gasteiger charge is 2.16. The molecular weight excluding hydrogens is 306 g/mol. The Labute approximate surface area is 142 Å². The number of hydrogen-bond acceptors (Lipinski definition) is 4. The molecule has 1 heterocycles. The molecule has 0 aliphatic heterocycles. The van der Waals surface area contributed by atoms with Gasteiger partial charge in [-0.1, -0.05) is 18.2 Å². The van der Waals surface area contributed by atoms with Crippen LogP contribution >= 0.6 is 0 Å². The monoisotopic (exact) mass is 329 g/mol. The van der Waals surface area contributed by atoms with Crippen LogP contribution in [0.25, 0.3) is 11.1 Å². The lowest BCUT2D eigenvalue weighted by molar-refractivity contribution is -0.122. The normalized spacial score (nSPS) is 9.71. The summed E-state index contributed by atoms with van der Waals surface area (Å²) in [5.74, 6) is 0.788. The average Bonchev–Trinajstić information content (AvgIpc) is 2.55. The number of nitrogens with one attached hydrogen (secondary N) is 1. The van der Waals surface area contributed by atoms with Crippen molar-refractivity contribution in [3.63, 3.8) is 0 Å². The van der Waals surface area contributed by atoms with Crippen molar-refractivity contribution < 1.29 is 14.7 Å².